The third-order valence-corrected chi connectivity index (χ3v) is 2.81. The van der Waals surface area contributed by atoms with E-state index in [9.17, 15) is 4.79 Å². The van der Waals surface area contributed by atoms with Gasteiger partial charge in [-0.25, -0.2) is 4.98 Å². The minimum Gasteiger partial charge on any atom is -0.362 e. The van der Waals surface area contributed by atoms with Crippen LogP contribution in [0.15, 0.2) is 12.4 Å². The molecule has 0 aromatic carbocycles. The van der Waals surface area contributed by atoms with Crippen LogP contribution in [0, 0.1) is 36.5 Å². The second kappa shape index (κ2) is 4.79. The molecule has 6 nitrogen and oxygen atoms in total. The van der Waals surface area contributed by atoms with Crippen molar-refractivity contribution in [2.75, 3.05) is 0 Å². The molecule has 0 aliphatic heterocycles. The maximum Gasteiger partial charge on any atom is 0.184 e. The highest BCUT2D eigenvalue weighted by Gasteiger charge is 2.16. The van der Waals surface area contributed by atoms with Gasteiger partial charge in [-0.2, -0.15) is 10.5 Å². The van der Waals surface area contributed by atoms with Gasteiger partial charge in [-0.3, -0.25) is 4.79 Å². The molecule has 94 valence electrons. The van der Waals surface area contributed by atoms with Crippen LogP contribution in [0.4, 0.5) is 0 Å². The highest BCUT2D eigenvalue weighted by Crippen LogP contribution is 2.13. The number of Topliss-reactive ketones (excluding diaryl/α,β-unsaturated/α-hetero) is 1. The summed E-state index contributed by atoms with van der Waals surface area (Å²) < 4.78 is 1.39. The van der Waals surface area contributed by atoms with Crippen LogP contribution < -0.4 is 0 Å². The Kier molecular flexibility index (Phi) is 3.17. The Balaban J connectivity index is 2.30. The van der Waals surface area contributed by atoms with Crippen LogP contribution in [0.3, 0.4) is 0 Å². The van der Waals surface area contributed by atoms with Crippen molar-refractivity contribution in [1.29, 1.82) is 10.5 Å². The van der Waals surface area contributed by atoms with E-state index >= 15 is 0 Å². The predicted octanol–water partition coefficient (Wildman–Crippen LogP) is 1.45. The van der Waals surface area contributed by atoms with Gasteiger partial charge in [-0.05, 0) is 19.9 Å². The first-order valence-electron chi connectivity index (χ1n) is 5.61. The van der Waals surface area contributed by atoms with Crippen LogP contribution in [0.25, 0.3) is 0 Å². The molecule has 0 aliphatic rings. The molecular formula is C13H11N5O. The third kappa shape index (κ3) is 2.24. The predicted molar refractivity (Wildman–Crippen MR) is 66.3 cm³/mol. The van der Waals surface area contributed by atoms with E-state index in [1.54, 1.807) is 6.07 Å². The van der Waals surface area contributed by atoms with Crippen LogP contribution in [0.5, 0.6) is 0 Å². The lowest BCUT2D eigenvalue weighted by molar-refractivity contribution is 0.0971. The number of hydrogen-bond acceptors (Lipinski definition) is 4. The van der Waals surface area contributed by atoms with E-state index in [1.807, 2.05) is 26.0 Å². The number of nitriles is 2. The molecular weight excluding hydrogens is 242 g/mol. The van der Waals surface area contributed by atoms with E-state index < -0.39 is 0 Å². The van der Waals surface area contributed by atoms with Crippen molar-refractivity contribution >= 4 is 5.78 Å². The molecule has 0 atom stereocenters. The van der Waals surface area contributed by atoms with Gasteiger partial charge >= 0.3 is 0 Å². The largest absolute Gasteiger partial charge is 0.362 e. The maximum atomic E-state index is 12.2. The summed E-state index contributed by atoms with van der Waals surface area (Å²) in [5.74, 6) is -0.125. The lowest BCUT2D eigenvalue weighted by Crippen LogP contribution is -2.11. The molecule has 0 unspecified atom stereocenters. The molecule has 0 aliphatic carbocycles. The third-order valence-electron chi connectivity index (χ3n) is 2.81. The average molecular weight is 253 g/mol. The van der Waals surface area contributed by atoms with Crippen LogP contribution in [0.2, 0.25) is 0 Å². The number of nitrogens with zero attached hydrogens (tertiary/aromatic N) is 4. The molecule has 2 rings (SSSR count). The number of nitrogens with one attached hydrogen (secondary N) is 1. The highest BCUT2D eigenvalue weighted by atomic mass is 16.1. The van der Waals surface area contributed by atoms with Gasteiger partial charge in [-0.1, -0.05) is 0 Å². The minimum absolute atomic E-state index is 0.00426. The molecule has 6 heteroatoms. The number of hydrogen-bond donors (Lipinski definition) is 1. The van der Waals surface area contributed by atoms with Gasteiger partial charge in [0.2, 0.25) is 0 Å². The van der Waals surface area contributed by atoms with E-state index in [4.69, 9.17) is 10.5 Å². The molecule has 2 heterocycles. The number of imidazole rings is 1. The van der Waals surface area contributed by atoms with E-state index in [0.29, 0.717) is 5.56 Å². The van der Waals surface area contributed by atoms with E-state index in [2.05, 4.69) is 9.97 Å². The Bertz CT molecular complexity index is 723. The van der Waals surface area contributed by atoms with Crippen LogP contribution in [0.1, 0.15) is 33.1 Å². The summed E-state index contributed by atoms with van der Waals surface area (Å²) in [6.07, 6.45) is 1.34. The van der Waals surface area contributed by atoms with Gasteiger partial charge in [0.1, 0.15) is 12.1 Å². The standard InChI is InChI=1S/C13H11N5O/c1-8-3-10(9(2)17-8)13(19)6-18-7-16-11(4-14)12(18)5-15/h3,7,17H,6H2,1-2H3. The molecule has 0 saturated heterocycles. The van der Waals surface area contributed by atoms with E-state index in [-0.39, 0.29) is 23.7 Å². The van der Waals surface area contributed by atoms with Gasteiger partial charge in [0.25, 0.3) is 0 Å². The van der Waals surface area contributed by atoms with Crippen molar-refractivity contribution in [3.63, 3.8) is 0 Å². The molecule has 0 radical (unpaired) electrons. The van der Waals surface area contributed by atoms with Crippen molar-refractivity contribution < 1.29 is 4.79 Å². The van der Waals surface area contributed by atoms with E-state index in [1.165, 1.54) is 10.9 Å². The fourth-order valence-electron chi connectivity index (χ4n) is 1.95. The normalized spacial score (nSPS) is 9.89. The zero-order chi connectivity index (χ0) is 14.0. The quantitative estimate of drug-likeness (QED) is 0.837. The van der Waals surface area contributed by atoms with Crippen molar-refractivity contribution in [3.8, 4) is 12.1 Å². The van der Waals surface area contributed by atoms with Gasteiger partial charge in [0.15, 0.2) is 17.2 Å². The van der Waals surface area contributed by atoms with Gasteiger partial charge in [0, 0.05) is 17.0 Å². The lowest BCUT2D eigenvalue weighted by Gasteiger charge is -2.02. The number of H-pyrrole nitrogens is 1. The summed E-state index contributed by atoms with van der Waals surface area (Å²) in [5, 5.41) is 17.8. The van der Waals surface area contributed by atoms with Crippen LogP contribution in [-0.4, -0.2) is 20.3 Å². The molecule has 2 aromatic rings. The Hall–Kier alpha value is -2.86. The number of carbonyl (C=O) groups excluding carboxylic acids is 1. The summed E-state index contributed by atoms with van der Waals surface area (Å²) in [5.41, 5.74) is 2.44. The fraction of sp³-hybridized carbons (Fsp3) is 0.231. The Morgan fingerprint density at radius 3 is 2.68 bits per heavy atom. The van der Waals surface area contributed by atoms with E-state index in [0.717, 1.165) is 11.4 Å². The molecule has 2 aromatic heterocycles. The minimum atomic E-state index is -0.125. The number of aryl methyl sites for hydroxylation is 2. The summed E-state index contributed by atoms with van der Waals surface area (Å²) in [7, 11) is 0. The summed E-state index contributed by atoms with van der Waals surface area (Å²) in [4.78, 5) is 19.0. The molecule has 1 N–H and O–H groups in total. The SMILES string of the molecule is Cc1cc(C(=O)Cn2cnc(C#N)c2C#N)c(C)[nH]1. The van der Waals surface area contributed by atoms with Gasteiger partial charge in [-0.15, -0.1) is 0 Å². The second-order valence-electron chi connectivity index (χ2n) is 4.21. The Labute approximate surface area is 109 Å². The first-order chi connectivity index (χ1) is 9.06. The molecule has 0 fully saturated rings. The topological polar surface area (TPSA) is 98.3 Å². The molecule has 0 spiro atoms. The Morgan fingerprint density at radius 1 is 1.42 bits per heavy atom. The van der Waals surface area contributed by atoms with Crippen molar-refractivity contribution in [2.24, 2.45) is 0 Å². The zero-order valence-corrected chi connectivity index (χ0v) is 10.6. The van der Waals surface area contributed by atoms with Gasteiger partial charge < -0.3 is 9.55 Å². The first-order valence-corrected chi connectivity index (χ1v) is 5.61. The molecule has 0 amide bonds. The van der Waals surface area contributed by atoms with Crippen molar-refractivity contribution in [1.82, 2.24) is 14.5 Å². The lowest BCUT2D eigenvalue weighted by atomic mass is 10.1. The van der Waals surface area contributed by atoms with Crippen molar-refractivity contribution in [3.05, 3.63) is 40.7 Å². The molecule has 19 heavy (non-hydrogen) atoms. The second-order valence-corrected chi connectivity index (χ2v) is 4.21. The Morgan fingerprint density at radius 2 is 2.16 bits per heavy atom. The molecule has 0 saturated carbocycles. The number of carbonyl (C=O) groups is 1. The van der Waals surface area contributed by atoms with Crippen molar-refractivity contribution in [2.45, 2.75) is 20.4 Å². The number of aromatic amines is 1. The fourth-order valence-corrected chi connectivity index (χ4v) is 1.95. The zero-order valence-electron chi connectivity index (χ0n) is 10.6. The average Bonchev–Trinajstić information content (AvgIpc) is 2.91. The summed E-state index contributed by atoms with van der Waals surface area (Å²) in [6.45, 7) is 3.69. The summed E-state index contributed by atoms with van der Waals surface area (Å²) >= 11 is 0. The summed E-state index contributed by atoms with van der Waals surface area (Å²) in [6, 6.07) is 5.48. The number of ketones is 1. The smallest absolute Gasteiger partial charge is 0.184 e. The maximum absolute atomic E-state index is 12.2. The monoisotopic (exact) mass is 253 g/mol. The molecule has 0 bridgehead atoms. The van der Waals surface area contributed by atoms with Crippen LogP contribution >= 0.6 is 0 Å². The highest BCUT2D eigenvalue weighted by molar-refractivity contribution is 5.97. The first kappa shape index (κ1) is 12.6. The number of rotatable bonds is 3. The van der Waals surface area contributed by atoms with Gasteiger partial charge in [0.05, 0.1) is 12.9 Å². The number of aromatic nitrogens is 3. The van der Waals surface area contributed by atoms with Crippen LogP contribution in [-0.2, 0) is 6.54 Å².